The lowest BCUT2D eigenvalue weighted by molar-refractivity contribution is 0.625. The molecule has 1 atom stereocenters. The van der Waals surface area contributed by atoms with Gasteiger partial charge >= 0.3 is 0 Å². The topological polar surface area (TPSA) is 29.9 Å². The van der Waals surface area contributed by atoms with E-state index in [1.54, 1.807) is 6.07 Å². The van der Waals surface area contributed by atoms with Gasteiger partial charge < -0.3 is 5.32 Å². The molecule has 1 unspecified atom stereocenters. The molecule has 1 heterocycles. The van der Waals surface area contributed by atoms with Crippen molar-refractivity contribution in [2.75, 3.05) is 5.32 Å². The van der Waals surface area contributed by atoms with Crippen LogP contribution in [0.15, 0.2) is 18.2 Å². The standard InChI is InChI=1S/C16H22FN3/c1-6-20-13(5)15(12(4)19-20)11(3)18-16-10(2)8-7-9-14(16)17/h7-9,11,18H,6H2,1-5H3. The number of halogens is 1. The van der Waals surface area contributed by atoms with E-state index >= 15 is 0 Å². The van der Waals surface area contributed by atoms with E-state index < -0.39 is 0 Å². The number of para-hydroxylation sites is 1. The van der Waals surface area contributed by atoms with Gasteiger partial charge in [-0.3, -0.25) is 4.68 Å². The van der Waals surface area contributed by atoms with E-state index in [2.05, 4.69) is 24.3 Å². The maximum Gasteiger partial charge on any atom is 0.146 e. The van der Waals surface area contributed by atoms with Crippen molar-refractivity contribution in [3.05, 3.63) is 46.5 Å². The zero-order chi connectivity index (χ0) is 14.9. The van der Waals surface area contributed by atoms with Crippen LogP contribution in [0.25, 0.3) is 0 Å². The Bertz CT molecular complexity index is 596. The summed E-state index contributed by atoms with van der Waals surface area (Å²) in [6.45, 7) is 10.9. The van der Waals surface area contributed by atoms with Crippen molar-refractivity contribution in [1.29, 1.82) is 0 Å². The Morgan fingerprint density at radius 2 is 2.00 bits per heavy atom. The Hall–Kier alpha value is -1.84. The van der Waals surface area contributed by atoms with E-state index in [1.165, 1.54) is 6.07 Å². The maximum atomic E-state index is 13.9. The summed E-state index contributed by atoms with van der Waals surface area (Å²) in [5.41, 5.74) is 4.77. The third-order valence-electron chi connectivity index (χ3n) is 3.75. The van der Waals surface area contributed by atoms with Crippen molar-refractivity contribution in [1.82, 2.24) is 9.78 Å². The average molecular weight is 275 g/mol. The molecule has 0 aliphatic carbocycles. The van der Waals surface area contributed by atoms with Crippen LogP contribution in [0.3, 0.4) is 0 Å². The molecule has 108 valence electrons. The molecule has 0 amide bonds. The van der Waals surface area contributed by atoms with Crippen LogP contribution in [0.1, 0.15) is 42.4 Å². The van der Waals surface area contributed by atoms with Crippen LogP contribution in [0, 0.1) is 26.6 Å². The van der Waals surface area contributed by atoms with Crippen molar-refractivity contribution in [3.63, 3.8) is 0 Å². The lowest BCUT2D eigenvalue weighted by atomic mass is 10.1. The number of hydrogen-bond donors (Lipinski definition) is 1. The monoisotopic (exact) mass is 275 g/mol. The summed E-state index contributed by atoms with van der Waals surface area (Å²) in [5.74, 6) is -0.213. The number of nitrogens with zero attached hydrogens (tertiary/aromatic N) is 2. The van der Waals surface area contributed by atoms with E-state index in [1.807, 2.05) is 31.5 Å². The Balaban J connectivity index is 2.33. The third-order valence-corrected chi connectivity index (χ3v) is 3.75. The fraction of sp³-hybridized carbons (Fsp3) is 0.438. The van der Waals surface area contributed by atoms with Gasteiger partial charge in [0.05, 0.1) is 17.4 Å². The van der Waals surface area contributed by atoms with Crippen LogP contribution in [0.2, 0.25) is 0 Å². The molecule has 0 saturated heterocycles. The maximum absolute atomic E-state index is 13.9. The number of nitrogens with one attached hydrogen (secondary N) is 1. The van der Waals surface area contributed by atoms with Gasteiger partial charge in [0.15, 0.2) is 0 Å². The van der Waals surface area contributed by atoms with Gasteiger partial charge in [-0.15, -0.1) is 0 Å². The zero-order valence-corrected chi connectivity index (χ0v) is 12.8. The molecule has 0 bridgehead atoms. The first-order valence-electron chi connectivity index (χ1n) is 7.01. The molecule has 2 rings (SSSR count). The van der Waals surface area contributed by atoms with E-state index in [-0.39, 0.29) is 11.9 Å². The van der Waals surface area contributed by atoms with Crippen LogP contribution in [0.4, 0.5) is 10.1 Å². The summed E-state index contributed by atoms with van der Waals surface area (Å²) in [7, 11) is 0. The lowest BCUT2D eigenvalue weighted by Crippen LogP contribution is -2.11. The number of aryl methyl sites for hydroxylation is 3. The van der Waals surface area contributed by atoms with Gasteiger partial charge in [-0.2, -0.15) is 5.10 Å². The van der Waals surface area contributed by atoms with Crippen LogP contribution in [-0.4, -0.2) is 9.78 Å². The van der Waals surface area contributed by atoms with Gasteiger partial charge in [0.2, 0.25) is 0 Å². The second-order valence-electron chi connectivity index (χ2n) is 5.20. The fourth-order valence-electron chi connectivity index (χ4n) is 2.75. The Morgan fingerprint density at radius 1 is 1.30 bits per heavy atom. The SMILES string of the molecule is CCn1nc(C)c(C(C)Nc2c(C)cccc2F)c1C. The second-order valence-corrected chi connectivity index (χ2v) is 5.20. The highest BCUT2D eigenvalue weighted by Crippen LogP contribution is 2.28. The van der Waals surface area contributed by atoms with Gasteiger partial charge in [0.1, 0.15) is 5.82 Å². The molecule has 1 aromatic heterocycles. The Morgan fingerprint density at radius 3 is 2.55 bits per heavy atom. The summed E-state index contributed by atoms with van der Waals surface area (Å²) in [6.07, 6.45) is 0. The first-order chi connectivity index (χ1) is 9.45. The molecule has 0 aliphatic heterocycles. The number of anilines is 1. The van der Waals surface area contributed by atoms with Gasteiger partial charge in [-0.1, -0.05) is 12.1 Å². The predicted octanol–water partition coefficient (Wildman–Crippen LogP) is 4.14. The summed E-state index contributed by atoms with van der Waals surface area (Å²) in [5, 5.41) is 7.80. The summed E-state index contributed by atoms with van der Waals surface area (Å²) in [6, 6.07) is 5.14. The van der Waals surface area contributed by atoms with E-state index in [9.17, 15) is 4.39 Å². The average Bonchev–Trinajstić information content (AvgIpc) is 2.68. The zero-order valence-electron chi connectivity index (χ0n) is 12.8. The molecule has 0 fully saturated rings. The molecule has 0 aliphatic rings. The molecular weight excluding hydrogens is 253 g/mol. The van der Waals surface area contributed by atoms with Crippen molar-refractivity contribution >= 4 is 5.69 Å². The number of aromatic nitrogens is 2. The Labute approximate surface area is 119 Å². The summed E-state index contributed by atoms with van der Waals surface area (Å²) >= 11 is 0. The van der Waals surface area contributed by atoms with Crippen molar-refractivity contribution < 1.29 is 4.39 Å². The smallest absolute Gasteiger partial charge is 0.146 e. The minimum atomic E-state index is -0.213. The quantitative estimate of drug-likeness (QED) is 0.908. The number of hydrogen-bond acceptors (Lipinski definition) is 2. The highest BCUT2D eigenvalue weighted by atomic mass is 19.1. The van der Waals surface area contributed by atoms with Crippen molar-refractivity contribution in [2.45, 2.75) is 47.2 Å². The van der Waals surface area contributed by atoms with Gasteiger partial charge in [0, 0.05) is 17.8 Å². The highest BCUT2D eigenvalue weighted by molar-refractivity contribution is 5.53. The molecule has 0 saturated carbocycles. The van der Waals surface area contributed by atoms with E-state index in [0.717, 1.165) is 29.1 Å². The predicted molar refractivity (Wildman–Crippen MR) is 80.5 cm³/mol. The third kappa shape index (κ3) is 2.55. The molecule has 4 heteroatoms. The fourth-order valence-corrected chi connectivity index (χ4v) is 2.75. The van der Waals surface area contributed by atoms with Crippen LogP contribution >= 0.6 is 0 Å². The van der Waals surface area contributed by atoms with Gasteiger partial charge in [0.25, 0.3) is 0 Å². The van der Waals surface area contributed by atoms with Crippen molar-refractivity contribution in [3.8, 4) is 0 Å². The van der Waals surface area contributed by atoms with Crippen LogP contribution in [0.5, 0.6) is 0 Å². The number of benzene rings is 1. The summed E-state index contributed by atoms with van der Waals surface area (Å²) in [4.78, 5) is 0. The molecule has 0 spiro atoms. The minimum Gasteiger partial charge on any atom is -0.376 e. The molecule has 20 heavy (non-hydrogen) atoms. The largest absolute Gasteiger partial charge is 0.376 e. The summed E-state index contributed by atoms with van der Waals surface area (Å²) < 4.78 is 15.9. The molecule has 1 N–H and O–H groups in total. The molecule has 3 nitrogen and oxygen atoms in total. The number of rotatable bonds is 4. The normalized spacial score (nSPS) is 12.5. The Kier molecular flexibility index (Phi) is 4.12. The lowest BCUT2D eigenvalue weighted by Gasteiger charge is -2.18. The first kappa shape index (κ1) is 14.6. The highest BCUT2D eigenvalue weighted by Gasteiger charge is 2.18. The molecule has 0 radical (unpaired) electrons. The van der Waals surface area contributed by atoms with Gasteiger partial charge in [-0.25, -0.2) is 4.39 Å². The second kappa shape index (κ2) is 5.65. The first-order valence-corrected chi connectivity index (χ1v) is 7.01. The van der Waals surface area contributed by atoms with E-state index in [4.69, 9.17) is 0 Å². The molecular formula is C16H22FN3. The van der Waals surface area contributed by atoms with Crippen LogP contribution in [-0.2, 0) is 6.54 Å². The van der Waals surface area contributed by atoms with Crippen LogP contribution < -0.4 is 5.32 Å². The van der Waals surface area contributed by atoms with Gasteiger partial charge in [-0.05, 0) is 46.2 Å². The molecule has 2 aromatic rings. The van der Waals surface area contributed by atoms with Crippen molar-refractivity contribution in [2.24, 2.45) is 0 Å². The molecule has 1 aromatic carbocycles. The minimum absolute atomic E-state index is 0.0194. The van der Waals surface area contributed by atoms with E-state index in [0.29, 0.717) is 5.69 Å².